The van der Waals surface area contributed by atoms with Crippen LogP contribution >= 0.6 is 0 Å². The van der Waals surface area contributed by atoms with E-state index in [4.69, 9.17) is 5.73 Å². The van der Waals surface area contributed by atoms with Crippen LogP contribution in [0.4, 0.5) is 5.69 Å². The molecule has 0 bridgehead atoms. The topological polar surface area (TPSA) is 97.3 Å². The van der Waals surface area contributed by atoms with Gasteiger partial charge in [0.1, 0.15) is 0 Å². The van der Waals surface area contributed by atoms with Crippen molar-refractivity contribution < 1.29 is 9.90 Å². The molecule has 0 fully saturated rings. The number of nitrogens with two attached hydrogens (primary N) is 1. The number of nitrogens with zero attached hydrogens (tertiary/aromatic N) is 1. The number of nitrogens with one attached hydrogen (secondary N) is 1. The van der Waals surface area contributed by atoms with Crippen molar-refractivity contribution in [2.24, 2.45) is 7.05 Å². The summed E-state index contributed by atoms with van der Waals surface area (Å²) in [5.41, 5.74) is 7.28. The zero-order valence-electron chi connectivity index (χ0n) is 13.3. The van der Waals surface area contributed by atoms with Crippen molar-refractivity contribution in [3.63, 3.8) is 0 Å². The SMILES string of the molecule is CCCc1cn(C)c(=O)c(O)c1C(=O)NCc1cccc(N)c1. The maximum atomic E-state index is 12.4. The number of amides is 1. The predicted octanol–water partition coefficient (Wildman–Crippen LogP) is 1.56. The lowest BCUT2D eigenvalue weighted by Crippen LogP contribution is -2.28. The van der Waals surface area contributed by atoms with Crippen molar-refractivity contribution >= 4 is 11.6 Å². The summed E-state index contributed by atoms with van der Waals surface area (Å²) in [6.07, 6.45) is 3.00. The number of aryl methyl sites for hydroxylation is 2. The molecule has 23 heavy (non-hydrogen) atoms. The molecule has 1 aromatic carbocycles. The minimum Gasteiger partial charge on any atom is -0.502 e. The summed E-state index contributed by atoms with van der Waals surface area (Å²) >= 11 is 0. The van der Waals surface area contributed by atoms with Crippen LogP contribution in [0.25, 0.3) is 0 Å². The molecule has 4 N–H and O–H groups in total. The summed E-state index contributed by atoms with van der Waals surface area (Å²) in [6, 6.07) is 7.16. The fourth-order valence-corrected chi connectivity index (χ4v) is 2.47. The van der Waals surface area contributed by atoms with Crippen molar-refractivity contribution in [3.8, 4) is 5.75 Å². The number of rotatable bonds is 5. The van der Waals surface area contributed by atoms with Gasteiger partial charge in [-0.2, -0.15) is 0 Å². The number of benzene rings is 1. The summed E-state index contributed by atoms with van der Waals surface area (Å²) in [7, 11) is 1.55. The minimum absolute atomic E-state index is 0.0545. The predicted molar refractivity (Wildman–Crippen MR) is 89.4 cm³/mol. The van der Waals surface area contributed by atoms with Gasteiger partial charge in [-0.1, -0.05) is 25.5 Å². The first-order valence-electron chi connectivity index (χ1n) is 7.48. The monoisotopic (exact) mass is 315 g/mol. The van der Waals surface area contributed by atoms with Crippen LogP contribution in [0, 0.1) is 0 Å². The van der Waals surface area contributed by atoms with E-state index >= 15 is 0 Å². The molecule has 0 aliphatic rings. The summed E-state index contributed by atoms with van der Waals surface area (Å²) < 4.78 is 1.29. The molecule has 1 aromatic heterocycles. The third-order valence-corrected chi connectivity index (χ3v) is 3.58. The lowest BCUT2D eigenvalue weighted by atomic mass is 10.0. The highest BCUT2D eigenvalue weighted by molar-refractivity contribution is 5.98. The van der Waals surface area contributed by atoms with Crippen LogP contribution in [0.1, 0.15) is 34.8 Å². The van der Waals surface area contributed by atoms with Gasteiger partial charge in [0.25, 0.3) is 11.5 Å². The minimum atomic E-state index is -0.584. The number of carbonyl (C=O) groups excluding carboxylic acids is 1. The van der Waals surface area contributed by atoms with Crippen molar-refractivity contribution in [3.05, 3.63) is 57.5 Å². The molecule has 1 heterocycles. The number of nitrogen functional groups attached to an aromatic ring is 1. The van der Waals surface area contributed by atoms with E-state index in [1.165, 1.54) is 4.57 Å². The number of pyridine rings is 1. The highest BCUT2D eigenvalue weighted by Crippen LogP contribution is 2.18. The third-order valence-electron chi connectivity index (χ3n) is 3.58. The smallest absolute Gasteiger partial charge is 0.293 e. The van der Waals surface area contributed by atoms with Gasteiger partial charge < -0.3 is 20.7 Å². The Balaban J connectivity index is 2.28. The molecule has 0 aliphatic carbocycles. The molecule has 0 radical (unpaired) electrons. The maximum Gasteiger partial charge on any atom is 0.293 e. The molecule has 2 aromatic rings. The fourth-order valence-electron chi connectivity index (χ4n) is 2.47. The molecule has 0 aliphatic heterocycles. The second-order valence-corrected chi connectivity index (χ2v) is 5.47. The average Bonchev–Trinajstić information content (AvgIpc) is 2.51. The lowest BCUT2D eigenvalue weighted by molar-refractivity contribution is 0.0946. The number of hydrogen-bond donors (Lipinski definition) is 3. The first kappa shape index (κ1) is 16.6. The summed E-state index contributed by atoms with van der Waals surface area (Å²) in [6.45, 7) is 2.24. The van der Waals surface area contributed by atoms with E-state index in [1.807, 2.05) is 13.0 Å². The van der Waals surface area contributed by atoms with E-state index in [2.05, 4.69) is 5.32 Å². The molecule has 0 unspecified atom stereocenters. The first-order chi connectivity index (χ1) is 10.9. The van der Waals surface area contributed by atoms with E-state index in [1.54, 1.807) is 31.4 Å². The molecule has 1 amide bonds. The Morgan fingerprint density at radius 1 is 1.39 bits per heavy atom. The largest absolute Gasteiger partial charge is 0.502 e. The van der Waals surface area contributed by atoms with Crippen LogP contribution in [0.5, 0.6) is 5.75 Å². The van der Waals surface area contributed by atoms with Gasteiger partial charge in [0.15, 0.2) is 5.75 Å². The summed E-state index contributed by atoms with van der Waals surface area (Å²) in [5, 5.41) is 12.8. The lowest BCUT2D eigenvalue weighted by Gasteiger charge is -2.13. The third kappa shape index (κ3) is 3.71. The van der Waals surface area contributed by atoms with Crippen molar-refractivity contribution in [2.45, 2.75) is 26.3 Å². The molecule has 0 saturated carbocycles. The highest BCUT2D eigenvalue weighted by atomic mass is 16.3. The average molecular weight is 315 g/mol. The van der Waals surface area contributed by atoms with E-state index in [9.17, 15) is 14.7 Å². The van der Waals surface area contributed by atoms with E-state index in [0.29, 0.717) is 17.7 Å². The Morgan fingerprint density at radius 3 is 2.78 bits per heavy atom. The molecule has 0 spiro atoms. The first-order valence-corrected chi connectivity index (χ1v) is 7.48. The Bertz CT molecular complexity index is 781. The Hall–Kier alpha value is -2.76. The Morgan fingerprint density at radius 2 is 2.13 bits per heavy atom. The molecular formula is C17H21N3O3. The quantitative estimate of drug-likeness (QED) is 0.729. The van der Waals surface area contributed by atoms with Crippen molar-refractivity contribution in [2.75, 3.05) is 5.73 Å². The number of hydrogen-bond acceptors (Lipinski definition) is 4. The van der Waals surface area contributed by atoms with Gasteiger partial charge >= 0.3 is 0 Å². The molecule has 6 nitrogen and oxygen atoms in total. The molecule has 6 heteroatoms. The van der Waals surface area contributed by atoms with Crippen molar-refractivity contribution in [1.29, 1.82) is 0 Å². The maximum absolute atomic E-state index is 12.4. The zero-order chi connectivity index (χ0) is 17.0. The molecule has 0 saturated heterocycles. The van der Waals surface area contributed by atoms with Gasteiger partial charge in [-0.25, -0.2) is 0 Å². The zero-order valence-corrected chi connectivity index (χ0v) is 13.3. The van der Waals surface area contributed by atoms with E-state index < -0.39 is 17.2 Å². The van der Waals surface area contributed by atoms with Gasteiger partial charge in [0.05, 0.1) is 5.56 Å². The summed E-state index contributed by atoms with van der Waals surface area (Å²) in [5.74, 6) is -0.977. The summed E-state index contributed by atoms with van der Waals surface area (Å²) in [4.78, 5) is 24.3. The molecule has 0 atom stereocenters. The fraction of sp³-hybridized carbons (Fsp3) is 0.294. The molecule has 2 rings (SSSR count). The Kier molecular flexibility index (Phi) is 5.05. The van der Waals surface area contributed by atoms with Gasteiger partial charge in [0.2, 0.25) is 0 Å². The van der Waals surface area contributed by atoms with Crippen LogP contribution < -0.4 is 16.6 Å². The highest BCUT2D eigenvalue weighted by Gasteiger charge is 2.20. The van der Waals surface area contributed by atoms with Gasteiger partial charge in [-0.3, -0.25) is 9.59 Å². The number of carbonyl (C=O) groups is 1. The van der Waals surface area contributed by atoms with Crippen LogP contribution in [0.15, 0.2) is 35.3 Å². The molecular weight excluding hydrogens is 294 g/mol. The second-order valence-electron chi connectivity index (χ2n) is 5.47. The van der Waals surface area contributed by atoms with Crippen molar-refractivity contribution in [1.82, 2.24) is 9.88 Å². The Labute approximate surface area is 134 Å². The normalized spacial score (nSPS) is 10.5. The van der Waals surface area contributed by atoms with E-state index in [-0.39, 0.29) is 12.1 Å². The van der Waals surface area contributed by atoms with Gasteiger partial charge in [-0.15, -0.1) is 0 Å². The molecule has 122 valence electrons. The number of anilines is 1. The number of aromatic nitrogens is 1. The van der Waals surface area contributed by atoms with E-state index in [0.717, 1.165) is 12.0 Å². The van der Waals surface area contributed by atoms with Crippen LogP contribution in [-0.2, 0) is 20.0 Å². The van der Waals surface area contributed by atoms with Crippen LogP contribution in [0.2, 0.25) is 0 Å². The standard InChI is InChI=1S/C17H21N3O3/c1-3-5-12-10-20(2)17(23)15(21)14(12)16(22)19-9-11-6-4-7-13(18)8-11/h4,6-8,10,21H,3,5,9,18H2,1-2H3,(H,19,22). The van der Waals surface area contributed by atoms with Crippen LogP contribution in [-0.4, -0.2) is 15.6 Å². The van der Waals surface area contributed by atoms with Gasteiger partial charge in [0, 0.05) is 25.5 Å². The van der Waals surface area contributed by atoms with Crippen LogP contribution in [0.3, 0.4) is 0 Å². The van der Waals surface area contributed by atoms with Gasteiger partial charge in [-0.05, 0) is 29.7 Å². The second kappa shape index (κ2) is 7.00. The number of aromatic hydroxyl groups is 1.